The Morgan fingerprint density at radius 1 is 0.840 bits per heavy atom. The van der Waals surface area contributed by atoms with E-state index in [1.165, 1.54) is 64.2 Å². The van der Waals surface area contributed by atoms with E-state index in [2.05, 4.69) is 20.8 Å². The Kier molecular flexibility index (Phi) is 4.79. The quantitative estimate of drug-likeness (QED) is 0.623. The van der Waals surface area contributed by atoms with Gasteiger partial charge >= 0.3 is 0 Å². The van der Waals surface area contributed by atoms with Crippen LogP contribution >= 0.6 is 0 Å². The Morgan fingerprint density at radius 3 is 2.36 bits per heavy atom. The van der Waals surface area contributed by atoms with E-state index in [1.54, 1.807) is 0 Å². The Hall–Kier alpha value is -0.0400. The zero-order chi connectivity index (χ0) is 17.8. The van der Waals surface area contributed by atoms with Crippen LogP contribution in [0.5, 0.6) is 0 Å². The van der Waals surface area contributed by atoms with E-state index < -0.39 is 0 Å². The summed E-state index contributed by atoms with van der Waals surface area (Å²) in [5, 5.41) is 9.91. The predicted octanol–water partition coefficient (Wildman–Crippen LogP) is 6.44. The third-order valence-corrected chi connectivity index (χ3v) is 10.1. The number of aliphatic hydroxyl groups is 1. The highest BCUT2D eigenvalue weighted by Gasteiger charge is 2.60. The molecule has 4 aliphatic carbocycles. The van der Waals surface area contributed by atoms with Crippen molar-refractivity contribution in [2.45, 2.75) is 104 Å². The van der Waals surface area contributed by atoms with E-state index in [1.807, 2.05) is 6.92 Å². The summed E-state index contributed by atoms with van der Waals surface area (Å²) in [4.78, 5) is 0. The van der Waals surface area contributed by atoms with Crippen LogP contribution in [0, 0.1) is 46.3 Å². The van der Waals surface area contributed by atoms with E-state index in [9.17, 15) is 5.11 Å². The Labute approximate surface area is 156 Å². The third-order valence-electron chi connectivity index (χ3n) is 10.1. The Morgan fingerprint density at radius 2 is 1.60 bits per heavy atom. The highest BCUT2D eigenvalue weighted by Crippen LogP contribution is 2.68. The van der Waals surface area contributed by atoms with Crippen LogP contribution in [0.15, 0.2) is 0 Å². The minimum absolute atomic E-state index is 0.134. The molecule has 1 N–H and O–H groups in total. The summed E-state index contributed by atoms with van der Waals surface area (Å²) in [5.41, 5.74) is 1.24. The second kappa shape index (κ2) is 6.54. The molecule has 4 fully saturated rings. The van der Waals surface area contributed by atoms with Gasteiger partial charge in [-0.2, -0.15) is 0 Å². The topological polar surface area (TPSA) is 20.2 Å². The summed E-state index contributed by atoms with van der Waals surface area (Å²) in [7, 11) is 0. The van der Waals surface area contributed by atoms with Crippen molar-refractivity contribution < 1.29 is 5.11 Å². The second-order valence-electron chi connectivity index (χ2n) is 11.2. The average Bonchev–Trinajstić information content (AvgIpc) is 2.91. The van der Waals surface area contributed by atoms with E-state index >= 15 is 0 Å². The average molecular weight is 347 g/mol. The fourth-order valence-electron chi connectivity index (χ4n) is 8.97. The van der Waals surface area contributed by atoms with Crippen LogP contribution in [-0.2, 0) is 0 Å². The van der Waals surface area contributed by atoms with Gasteiger partial charge in [-0.25, -0.2) is 0 Å². The number of hydrogen-bond donors (Lipinski definition) is 1. The molecule has 144 valence electrons. The van der Waals surface area contributed by atoms with Crippen molar-refractivity contribution in [2.75, 3.05) is 0 Å². The molecule has 0 aliphatic heterocycles. The number of fused-ring (bicyclic) bond motifs is 5. The lowest BCUT2D eigenvalue weighted by molar-refractivity contribution is -0.115. The molecule has 0 amide bonds. The van der Waals surface area contributed by atoms with Gasteiger partial charge in [-0.15, -0.1) is 0 Å². The molecule has 1 nitrogen and oxygen atoms in total. The van der Waals surface area contributed by atoms with Gasteiger partial charge in [-0.1, -0.05) is 33.6 Å². The zero-order valence-electron chi connectivity index (χ0n) is 17.3. The van der Waals surface area contributed by atoms with E-state index in [4.69, 9.17) is 0 Å². The largest absolute Gasteiger partial charge is 0.393 e. The summed E-state index contributed by atoms with van der Waals surface area (Å²) in [6.07, 6.45) is 15.8. The van der Waals surface area contributed by atoms with Crippen LogP contribution in [0.2, 0.25) is 0 Å². The molecule has 0 saturated heterocycles. The lowest BCUT2D eigenvalue weighted by Gasteiger charge is -2.61. The summed E-state index contributed by atoms with van der Waals surface area (Å²) in [6, 6.07) is 0. The van der Waals surface area contributed by atoms with Crippen LogP contribution in [0.4, 0.5) is 0 Å². The first-order valence-electron chi connectivity index (χ1n) is 11.5. The van der Waals surface area contributed by atoms with Crippen molar-refractivity contribution in [3.05, 3.63) is 0 Å². The monoisotopic (exact) mass is 346 g/mol. The van der Waals surface area contributed by atoms with E-state index in [0.29, 0.717) is 16.7 Å². The molecule has 4 aliphatic rings. The van der Waals surface area contributed by atoms with E-state index in [0.717, 1.165) is 36.0 Å². The zero-order valence-corrected chi connectivity index (χ0v) is 17.3. The molecule has 0 radical (unpaired) electrons. The van der Waals surface area contributed by atoms with Gasteiger partial charge in [0.05, 0.1) is 6.10 Å². The third kappa shape index (κ3) is 2.82. The molecule has 0 aromatic carbocycles. The lowest BCUT2D eigenvalue weighted by Crippen LogP contribution is -2.53. The first kappa shape index (κ1) is 18.3. The van der Waals surface area contributed by atoms with Gasteiger partial charge in [0, 0.05) is 0 Å². The lowest BCUT2D eigenvalue weighted by atomic mass is 9.44. The maximum absolute atomic E-state index is 9.91. The number of hydrogen-bond acceptors (Lipinski definition) is 1. The maximum atomic E-state index is 9.91. The van der Waals surface area contributed by atoms with Crippen LogP contribution < -0.4 is 0 Å². The van der Waals surface area contributed by atoms with Crippen molar-refractivity contribution in [3.63, 3.8) is 0 Å². The molecule has 0 heterocycles. The van der Waals surface area contributed by atoms with Gasteiger partial charge in [-0.3, -0.25) is 0 Å². The predicted molar refractivity (Wildman–Crippen MR) is 105 cm³/mol. The maximum Gasteiger partial charge on any atom is 0.0514 e. The molecule has 2 unspecified atom stereocenters. The SMILES string of the molecule is CC(O)C[C@@H](C)[C@H]1CC[C@H]2[C@@H]3CCC4CCCC[C@]4(C)[C@H]3CC[C@]12C. The molecule has 0 bridgehead atoms. The molecule has 0 aromatic rings. The van der Waals surface area contributed by atoms with Crippen molar-refractivity contribution in [3.8, 4) is 0 Å². The molecule has 4 rings (SSSR count). The molecule has 1 heteroatoms. The molecule has 0 aromatic heterocycles. The van der Waals surface area contributed by atoms with Crippen LogP contribution in [0.1, 0.15) is 98.3 Å². The molecule has 25 heavy (non-hydrogen) atoms. The molecular formula is C24H42O. The van der Waals surface area contributed by atoms with Gasteiger partial charge in [-0.05, 0) is 111 Å². The summed E-state index contributed by atoms with van der Waals surface area (Å²) >= 11 is 0. The summed E-state index contributed by atoms with van der Waals surface area (Å²) in [6.45, 7) is 9.75. The van der Waals surface area contributed by atoms with Gasteiger partial charge in [0.15, 0.2) is 0 Å². The van der Waals surface area contributed by atoms with Gasteiger partial charge in [0.25, 0.3) is 0 Å². The Balaban J connectivity index is 1.55. The van der Waals surface area contributed by atoms with Crippen molar-refractivity contribution >= 4 is 0 Å². The smallest absolute Gasteiger partial charge is 0.0514 e. The molecule has 0 spiro atoms. The molecular weight excluding hydrogens is 304 g/mol. The highest BCUT2D eigenvalue weighted by atomic mass is 16.3. The van der Waals surface area contributed by atoms with Gasteiger partial charge in [0.2, 0.25) is 0 Å². The Bertz CT molecular complexity index is 484. The minimum Gasteiger partial charge on any atom is -0.393 e. The first-order valence-corrected chi connectivity index (χ1v) is 11.5. The van der Waals surface area contributed by atoms with E-state index in [-0.39, 0.29) is 6.10 Å². The molecule has 9 atom stereocenters. The molecule has 4 saturated carbocycles. The van der Waals surface area contributed by atoms with Crippen molar-refractivity contribution in [2.24, 2.45) is 46.3 Å². The normalized spacial score (nSPS) is 52.0. The van der Waals surface area contributed by atoms with Crippen molar-refractivity contribution in [1.29, 1.82) is 0 Å². The minimum atomic E-state index is -0.134. The fourth-order valence-corrected chi connectivity index (χ4v) is 8.97. The highest BCUT2D eigenvalue weighted by molar-refractivity contribution is 5.09. The second-order valence-corrected chi connectivity index (χ2v) is 11.2. The first-order chi connectivity index (χ1) is 11.9. The standard InChI is InChI=1S/C24H42O/c1-16(15-17(2)25)20-10-11-21-19-9-8-18-7-5-6-13-23(18,3)22(19)12-14-24(20,21)4/h16-22,25H,5-15H2,1-4H3/t16-,17?,18?,19+,20-,21+,22+,23+,24-/m1/s1. The number of rotatable bonds is 3. The van der Waals surface area contributed by atoms with Crippen LogP contribution in [0.3, 0.4) is 0 Å². The fraction of sp³-hybridized carbons (Fsp3) is 1.00. The van der Waals surface area contributed by atoms with Crippen molar-refractivity contribution in [1.82, 2.24) is 0 Å². The van der Waals surface area contributed by atoms with Gasteiger partial charge < -0.3 is 5.11 Å². The van der Waals surface area contributed by atoms with Crippen LogP contribution in [0.25, 0.3) is 0 Å². The van der Waals surface area contributed by atoms with Gasteiger partial charge in [0.1, 0.15) is 0 Å². The number of aliphatic hydroxyl groups excluding tert-OH is 1. The summed E-state index contributed by atoms with van der Waals surface area (Å²) < 4.78 is 0. The summed E-state index contributed by atoms with van der Waals surface area (Å²) in [5.74, 6) is 5.60. The van der Waals surface area contributed by atoms with Crippen LogP contribution in [-0.4, -0.2) is 11.2 Å².